The molecule has 4 rings (SSSR count). The molecule has 0 saturated heterocycles. The first-order valence-electron chi connectivity index (χ1n) is 8.00. The van der Waals surface area contributed by atoms with Crippen LogP contribution in [0.2, 0.25) is 0 Å². The van der Waals surface area contributed by atoms with Crippen LogP contribution in [-0.2, 0) is 6.54 Å². The van der Waals surface area contributed by atoms with Crippen LogP contribution in [0.15, 0.2) is 60.8 Å². The Kier molecular flexibility index (Phi) is 4.27. The topological polar surface area (TPSA) is 47.8 Å². The Balaban J connectivity index is 1.55. The fraction of sp³-hybridized carbons (Fsp3) is 0.105. The second kappa shape index (κ2) is 6.62. The van der Waals surface area contributed by atoms with Crippen molar-refractivity contribution in [1.29, 1.82) is 0 Å². The van der Waals surface area contributed by atoms with E-state index in [1.54, 1.807) is 10.9 Å². The highest BCUT2D eigenvalue weighted by atomic mass is 32.1. The van der Waals surface area contributed by atoms with E-state index in [9.17, 15) is 18.0 Å². The van der Waals surface area contributed by atoms with Crippen molar-refractivity contribution >= 4 is 27.9 Å². The molecule has 8 heteroatoms. The van der Waals surface area contributed by atoms with Crippen molar-refractivity contribution in [2.75, 3.05) is 0 Å². The Morgan fingerprint density at radius 2 is 1.81 bits per heavy atom. The number of aromatic nitrogens is 3. The van der Waals surface area contributed by atoms with Gasteiger partial charge in [0, 0.05) is 0 Å². The van der Waals surface area contributed by atoms with Gasteiger partial charge in [0.15, 0.2) is 0 Å². The number of halogens is 3. The number of hydrogen-bond acceptors (Lipinski definition) is 4. The predicted molar refractivity (Wildman–Crippen MR) is 96.8 cm³/mol. The normalized spacial score (nSPS) is 11.8. The number of Topliss-reactive ketones (excluding diaryl/α,β-unsaturated/α-hetero) is 1. The lowest BCUT2D eigenvalue weighted by atomic mass is 10.1. The van der Waals surface area contributed by atoms with E-state index < -0.39 is 12.0 Å². The maximum absolute atomic E-state index is 12.5. The monoisotopic (exact) mass is 387 g/mol. The number of carbonyl (C=O) groups excluding carboxylic acids is 1. The van der Waals surface area contributed by atoms with Crippen molar-refractivity contribution in [1.82, 2.24) is 15.0 Å². The van der Waals surface area contributed by atoms with Crippen LogP contribution >= 0.6 is 11.3 Å². The molecule has 2 aromatic heterocycles. The van der Waals surface area contributed by atoms with Crippen LogP contribution in [0, 0.1) is 0 Å². The Morgan fingerprint density at radius 1 is 1.04 bits per heavy atom. The van der Waals surface area contributed by atoms with Gasteiger partial charge in [0.25, 0.3) is 5.78 Å². The summed E-state index contributed by atoms with van der Waals surface area (Å²) in [5, 5.41) is 10.3. The number of rotatable bonds is 4. The third-order valence-corrected chi connectivity index (χ3v) is 5.14. The van der Waals surface area contributed by atoms with Crippen molar-refractivity contribution in [3.63, 3.8) is 0 Å². The van der Waals surface area contributed by atoms with E-state index in [1.807, 2.05) is 36.4 Å². The minimum absolute atomic E-state index is 0.360. The van der Waals surface area contributed by atoms with Gasteiger partial charge in [-0.25, -0.2) is 4.68 Å². The van der Waals surface area contributed by atoms with Crippen LogP contribution in [-0.4, -0.2) is 27.0 Å². The Hall–Kier alpha value is -3.00. The molecule has 0 unspecified atom stereocenters. The van der Waals surface area contributed by atoms with E-state index >= 15 is 0 Å². The van der Waals surface area contributed by atoms with Gasteiger partial charge in [-0.1, -0.05) is 41.6 Å². The molecule has 136 valence electrons. The van der Waals surface area contributed by atoms with Crippen LogP contribution in [0.1, 0.15) is 15.2 Å². The number of carbonyl (C=O) groups is 1. The zero-order valence-electron chi connectivity index (χ0n) is 13.8. The summed E-state index contributed by atoms with van der Waals surface area (Å²) in [5.74, 6) is -1.85. The molecule has 0 fully saturated rings. The average molecular weight is 387 g/mol. The molecule has 0 saturated carbocycles. The molecule has 0 aliphatic carbocycles. The number of ketones is 1. The second-order valence-electron chi connectivity index (χ2n) is 5.97. The summed E-state index contributed by atoms with van der Waals surface area (Å²) in [7, 11) is 0. The molecule has 2 heterocycles. The molecule has 27 heavy (non-hydrogen) atoms. The summed E-state index contributed by atoms with van der Waals surface area (Å²) in [5.41, 5.74) is 1.46. The number of thiophene rings is 1. The molecule has 0 radical (unpaired) electrons. The van der Waals surface area contributed by atoms with Crippen LogP contribution in [0.4, 0.5) is 13.2 Å². The maximum Gasteiger partial charge on any atom is 0.455 e. The van der Waals surface area contributed by atoms with E-state index in [4.69, 9.17) is 0 Å². The molecular weight excluding hydrogens is 375 g/mol. The van der Waals surface area contributed by atoms with Crippen molar-refractivity contribution in [2.24, 2.45) is 0 Å². The van der Waals surface area contributed by atoms with E-state index in [-0.39, 0.29) is 4.88 Å². The summed E-state index contributed by atoms with van der Waals surface area (Å²) >= 11 is 0.757. The number of benzene rings is 2. The van der Waals surface area contributed by atoms with Crippen LogP contribution in [0.5, 0.6) is 0 Å². The van der Waals surface area contributed by atoms with Crippen molar-refractivity contribution in [3.05, 3.63) is 71.2 Å². The Morgan fingerprint density at radius 3 is 2.59 bits per heavy atom. The van der Waals surface area contributed by atoms with Gasteiger partial charge < -0.3 is 0 Å². The van der Waals surface area contributed by atoms with Crippen LogP contribution in [0.3, 0.4) is 0 Å². The third-order valence-electron chi connectivity index (χ3n) is 4.04. The highest BCUT2D eigenvalue weighted by Gasteiger charge is 2.40. The summed E-state index contributed by atoms with van der Waals surface area (Å²) < 4.78 is 39.2. The lowest BCUT2D eigenvalue weighted by molar-refractivity contribution is -0.0882. The fourth-order valence-corrected chi connectivity index (χ4v) is 3.67. The van der Waals surface area contributed by atoms with Gasteiger partial charge in [-0.2, -0.15) is 13.2 Å². The van der Waals surface area contributed by atoms with Gasteiger partial charge >= 0.3 is 6.18 Å². The Labute approximate surface area is 155 Å². The molecule has 0 amide bonds. The highest BCUT2D eigenvalue weighted by Crippen LogP contribution is 2.31. The highest BCUT2D eigenvalue weighted by molar-refractivity contribution is 7.17. The number of fused-ring (bicyclic) bond motifs is 1. The standard InChI is InChI=1S/C19H12F3N3OS/c20-19(21,22)18(26)17-8-7-16(27-17)15-11-25(24-23-15)10-12-5-6-13-3-1-2-4-14(13)9-12/h1-9,11H,10H2. The molecule has 0 N–H and O–H groups in total. The van der Waals surface area contributed by atoms with E-state index in [0.717, 1.165) is 33.7 Å². The van der Waals surface area contributed by atoms with Gasteiger partial charge in [0.1, 0.15) is 5.69 Å². The van der Waals surface area contributed by atoms with E-state index in [0.29, 0.717) is 17.1 Å². The predicted octanol–water partition coefficient (Wildman–Crippen LogP) is 4.95. The zero-order chi connectivity index (χ0) is 19.0. The van der Waals surface area contributed by atoms with Crippen molar-refractivity contribution in [2.45, 2.75) is 12.7 Å². The van der Waals surface area contributed by atoms with Gasteiger partial charge in [-0.3, -0.25) is 4.79 Å². The lowest BCUT2D eigenvalue weighted by Gasteiger charge is -2.03. The maximum atomic E-state index is 12.5. The minimum atomic E-state index is -4.88. The molecule has 0 atom stereocenters. The third kappa shape index (κ3) is 3.61. The van der Waals surface area contributed by atoms with Gasteiger partial charge in [0.2, 0.25) is 0 Å². The first-order chi connectivity index (χ1) is 12.9. The fourth-order valence-electron chi connectivity index (χ4n) is 2.75. The SMILES string of the molecule is O=C(c1ccc(-c2cn(Cc3ccc4ccccc4c3)nn2)s1)C(F)(F)F. The van der Waals surface area contributed by atoms with Crippen LogP contribution in [0.25, 0.3) is 21.3 Å². The van der Waals surface area contributed by atoms with Gasteiger partial charge in [-0.05, 0) is 34.5 Å². The number of hydrogen-bond donors (Lipinski definition) is 0. The zero-order valence-corrected chi connectivity index (χ0v) is 14.6. The van der Waals surface area contributed by atoms with E-state index in [2.05, 4.69) is 16.4 Å². The molecule has 0 spiro atoms. The van der Waals surface area contributed by atoms with Gasteiger partial charge in [0.05, 0.1) is 22.5 Å². The summed E-state index contributed by atoms with van der Waals surface area (Å²) in [6.45, 7) is 0.484. The largest absolute Gasteiger partial charge is 0.455 e. The van der Waals surface area contributed by atoms with Gasteiger partial charge in [-0.15, -0.1) is 16.4 Å². The number of alkyl halides is 3. The molecule has 4 aromatic rings. The quantitative estimate of drug-likeness (QED) is 0.466. The molecule has 2 aromatic carbocycles. The molecule has 4 nitrogen and oxygen atoms in total. The first-order valence-corrected chi connectivity index (χ1v) is 8.81. The molecular formula is C19H12F3N3OS. The Bertz CT molecular complexity index is 1130. The average Bonchev–Trinajstić information content (AvgIpc) is 3.29. The second-order valence-corrected chi connectivity index (χ2v) is 7.06. The summed E-state index contributed by atoms with van der Waals surface area (Å²) in [6, 6.07) is 16.7. The lowest BCUT2D eigenvalue weighted by Crippen LogP contribution is -2.21. The van der Waals surface area contributed by atoms with Crippen molar-refractivity contribution in [3.8, 4) is 10.6 Å². The summed E-state index contributed by atoms with van der Waals surface area (Å²) in [6.07, 6.45) is -3.22. The molecule has 0 aliphatic rings. The van der Waals surface area contributed by atoms with E-state index in [1.165, 1.54) is 6.07 Å². The smallest absolute Gasteiger partial charge is 0.283 e. The molecule has 0 bridgehead atoms. The van der Waals surface area contributed by atoms with Crippen LogP contribution < -0.4 is 0 Å². The first kappa shape index (κ1) is 17.4. The number of nitrogens with zero attached hydrogens (tertiary/aromatic N) is 3. The van der Waals surface area contributed by atoms with Crippen molar-refractivity contribution < 1.29 is 18.0 Å². The minimum Gasteiger partial charge on any atom is -0.283 e. The molecule has 0 aliphatic heterocycles. The summed E-state index contributed by atoms with van der Waals surface area (Å²) in [4.78, 5) is 11.4.